The minimum absolute atomic E-state index is 0.362. The molecule has 0 bridgehead atoms. The zero-order valence-corrected chi connectivity index (χ0v) is 9.84. The molecule has 19 heavy (non-hydrogen) atoms. The van der Waals surface area contributed by atoms with Crippen molar-refractivity contribution in [2.75, 3.05) is 5.32 Å². The van der Waals surface area contributed by atoms with E-state index in [0.717, 1.165) is 19.1 Å². The Bertz CT molecular complexity index is 550. The maximum absolute atomic E-state index is 12.8. The topological polar surface area (TPSA) is 66.4 Å². The van der Waals surface area contributed by atoms with Crippen LogP contribution >= 0.6 is 0 Å². The molecular weight excluding hydrogens is 263 g/mol. The number of nitrogens with one attached hydrogen (secondary N) is 1. The smallest absolute Gasteiger partial charge is 0.417 e. The lowest BCUT2D eigenvalue weighted by molar-refractivity contribution is -0.137. The average molecular weight is 273 g/mol. The van der Waals surface area contributed by atoms with Gasteiger partial charge in [-0.2, -0.15) is 13.2 Å². The van der Waals surface area contributed by atoms with Crippen LogP contribution in [0.3, 0.4) is 0 Å². The maximum atomic E-state index is 12.8. The minimum atomic E-state index is -4.67. The molecule has 1 rings (SSSR count). The van der Waals surface area contributed by atoms with Crippen LogP contribution in [-0.2, 0) is 11.0 Å². The second-order valence-electron chi connectivity index (χ2n) is 3.67. The van der Waals surface area contributed by atoms with Crippen molar-refractivity contribution in [2.24, 2.45) is 0 Å². The number of halogens is 3. The summed E-state index contributed by atoms with van der Waals surface area (Å²) >= 11 is 0. The first kappa shape index (κ1) is 14.7. The molecule has 0 atom stereocenters. The van der Waals surface area contributed by atoms with Crippen LogP contribution in [-0.4, -0.2) is 17.0 Å². The standard InChI is InChI=1S/C12H10F3NO3/c1-3-7-4-8(11(18)19)10(16-6(2)17)5-9(7)12(13,14)15/h3-5H,1H2,2H3,(H,16,17)(H,18,19). The molecule has 0 spiro atoms. The van der Waals surface area contributed by atoms with E-state index in [4.69, 9.17) is 5.11 Å². The predicted octanol–water partition coefficient (Wildman–Crippen LogP) is 3.01. The number of anilines is 1. The Morgan fingerprint density at radius 1 is 1.37 bits per heavy atom. The van der Waals surface area contributed by atoms with E-state index in [1.165, 1.54) is 0 Å². The molecule has 0 aliphatic rings. The van der Waals surface area contributed by atoms with Gasteiger partial charge in [0.1, 0.15) is 0 Å². The number of alkyl halides is 3. The molecule has 0 fully saturated rings. The molecule has 0 unspecified atom stereocenters. The van der Waals surface area contributed by atoms with Crippen LogP contribution in [0.15, 0.2) is 18.7 Å². The summed E-state index contributed by atoms with van der Waals surface area (Å²) in [7, 11) is 0. The lowest BCUT2D eigenvalue weighted by Crippen LogP contribution is -2.15. The Morgan fingerprint density at radius 3 is 2.32 bits per heavy atom. The summed E-state index contributed by atoms with van der Waals surface area (Å²) in [5, 5.41) is 11.0. The van der Waals surface area contributed by atoms with Gasteiger partial charge in [0, 0.05) is 6.92 Å². The highest BCUT2D eigenvalue weighted by atomic mass is 19.4. The van der Waals surface area contributed by atoms with E-state index >= 15 is 0 Å². The molecule has 102 valence electrons. The number of aromatic carboxylic acids is 1. The highest BCUT2D eigenvalue weighted by Crippen LogP contribution is 2.36. The Labute approximate surface area is 106 Å². The zero-order chi connectivity index (χ0) is 14.8. The Balaban J connectivity index is 3.56. The second kappa shape index (κ2) is 5.13. The summed E-state index contributed by atoms with van der Waals surface area (Å²) in [6, 6.07) is 1.41. The summed E-state index contributed by atoms with van der Waals surface area (Å²) < 4.78 is 38.3. The highest BCUT2D eigenvalue weighted by Gasteiger charge is 2.34. The van der Waals surface area contributed by atoms with Crippen LogP contribution in [0.5, 0.6) is 0 Å². The first-order valence-electron chi connectivity index (χ1n) is 5.05. The predicted molar refractivity (Wildman–Crippen MR) is 62.8 cm³/mol. The summed E-state index contributed by atoms with van der Waals surface area (Å²) in [6.07, 6.45) is -3.76. The average Bonchev–Trinajstić information content (AvgIpc) is 2.26. The SMILES string of the molecule is C=Cc1cc(C(=O)O)c(NC(C)=O)cc1C(F)(F)F. The van der Waals surface area contributed by atoms with Gasteiger partial charge in [0.25, 0.3) is 0 Å². The van der Waals surface area contributed by atoms with Gasteiger partial charge < -0.3 is 10.4 Å². The number of amides is 1. The molecule has 0 heterocycles. The number of carbonyl (C=O) groups excluding carboxylic acids is 1. The minimum Gasteiger partial charge on any atom is -0.478 e. The molecule has 0 saturated heterocycles. The summed E-state index contributed by atoms with van der Waals surface area (Å²) in [6.45, 7) is 4.29. The van der Waals surface area contributed by atoms with Gasteiger partial charge in [0.15, 0.2) is 0 Å². The molecule has 2 N–H and O–H groups in total. The number of benzene rings is 1. The fourth-order valence-corrected chi connectivity index (χ4v) is 1.50. The third-order valence-corrected chi connectivity index (χ3v) is 2.26. The molecule has 0 saturated carbocycles. The van der Waals surface area contributed by atoms with Gasteiger partial charge in [-0.15, -0.1) is 0 Å². The van der Waals surface area contributed by atoms with Crippen molar-refractivity contribution in [3.8, 4) is 0 Å². The molecular formula is C12H10F3NO3. The van der Waals surface area contributed by atoms with Crippen molar-refractivity contribution >= 4 is 23.6 Å². The van der Waals surface area contributed by atoms with E-state index in [9.17, 15) is 22.8 Å². The normalized spacial score (nSPS) is 10.9. The van der Waals surface area contributed by atoms with Gasteiger partial charge >= 0.3 is 12.1 Å². The zero-order valence-electron chi connectivity index (χ0n) is 9.84. The van der Waals surface area contributed by atoms with Gasteiger partial charge in [-0.05, 0) is 17.7 Å². The third kappa shape index (κ3) is 3.34. The Morgan fingerprint density at radius 2 is 1.95 bits per heavy atom. The molecule has 1 aromatic carbocycles. The summed E-state index contributed by atoms with van der Waals surface area (Å²) in [5.74, 6) is -2.11. The van der Waals surface area contributed by atoms with Crippen LogP contribution in [0, 0.1) is 0 Å². The number of hydrogen-bond acceptors (Lipinski definition) is 2. The largest absolute Gasteiger partial charge is 0.478 e. The molecule has 4 nitrogen and oxygen atoms in total. The van der Waals surface area contributed by atoms with Crippen molar-refractivity contribution in [2.45, 2.75) is 13.1 Å². The highest BCUT2D eigenvalue weighted by molar-refractivity contribution is 6.00. The van der Waals surface area contributed by atoms with Crippen molar-refractivity contribution in [3.63, 3.8) is 0 Å². The van der Waals surface area contributed by atoms with Gasteiger partial charge in [-0.3, -0.25) is 4.79 Å². The van der Waals surface area contributed by atoms with E-state index in [0.29, 0.717) is 6.07 Å². The molecule has 0 aromatic heterocycles. The van der Waals surface area contributed by atoms with Crippen molar-refractivity contribution in [1.29, 1.82) is 0 Å². The van der Waals surface area contributed by atoms with Crippen LogP contribution in [0.1, 0.15) is 28.4 Å². The summed E-state index contributed by atoms with van der Waals surface area (Å²) in [4.78, 5) is 21.9. The monoisotopic (exact) mass is 273 g/mol. The molecule has 0 aliphatic heterocycles. The van der Waals surface area contributed by atoms with Gasteiger partial charge in [-0.25, -0.2) is 4.79 Å². The second-order valence-corrected chi connectivity index (χ2v) is 3.67. The third-order valence-electron chi connectivity index (χ3n) is 2.26. The number of rotatable bonds is 3. The first-order chi connectivity index (χ1) is 8.66. The van der Waals surface area contributed by atoms with E-state index in [1.807, 2.05) is 0 Å². The van der Waals surface area contributed by atoms with Crippen LogP contribution < -0.4 is 5.32 Å². The van der Waals surface area contributed by atoms with Crippen molar-refractivity contribution in [3.05, 3.63) is 35.4 Å². The Hall–Kier alpha value is -2.31. The Kier molecular flexibility index (Phi) is 3.98. The van der Waals surface area contributed by atoms with Gasteiger partial charge in [-0.1, -0.05) is 12.7 Å². The quantitative estimate of drug-likeness (QED) is 0.889. The van der Waals surface area contributed by atoms with E-state index in [2.05, 4.69) is 11.9 Å². The number of carboxylic acid groups (broad SMARTS) is 1. The lowest BCUT2D eigenvalue weighted by Gasteiger charge is -2.15. The lowest BCUT2D eigenvalue weighted by atomic mass is 10.0. The first-order valence-corrected chi connectivity index (χ1v) is 5.05. The number of carbonyl (C=O) groups is 2. The maximum Gasteiger partial charge on any atom is 0.417 e. The molecule has 1 amide bonds. The fourth-order valence-electron chi connectivity index (χ4n) is 1.50. The van der Waals surface area contributed by atoms with Gasteiger partial charge in [0.2, 0.25) is 5.91 Å². The van der Waals surface area contributed by atoms with Crippen LogP contribution in [0.2, 0.25) is 0 Å². The fraction of sp³-hybridized carbons (Fsp3) is 0.167. The molecule has 7 heteroatoms. The van der Waals surface area contributed by atoms with E-state index < -0.39 is 34.9 Å². The van der Waals surface area contributed by atoms with Gasteiger partial charge in [0.05, 0.1) is 16.8 Å². The molecule has 0 radical (unpaired) electrons. The number of carboxylic acids is 1. The molecule has 0 aliphatic carbocycles. The summed E-state index contributed by atoms with van der Waals surface area (Å²) in [5.41, 5.74) is -2.26. The number of hydrogen-bond donors (Lipinski definition) is 2. The van der Waals surface area contributed by atoms with Crippen LogP contribution in [0.25, 0.3) is 6.08 Å². The van der Waals surface area contributed by atoms with Crippen molar-refractivity contribution < 1.29 is 27.9 Å². The van der Waals surface area contributed by atoms with E-state index in [1.54, 1.807) is 0 Å². The molecule has 1 aromatic rings. The van der Waals surface area contributed by atoms with Crippen molar-refractivity contribution in [1.82, 2.24) is 0 Å². The van der Waals surface area contributed by atoms with E-state index in [-0.39, 0.29) is 5.56 Å². The van der Waals surface area contributed by atoms with Crippen LogP contribution in [0.4, 0.5) is 18.9 Å².